The lowest BCUT2D eigenvalue weighted by Gasteiger charge is -2.31. The van der Waals surface area contributed by atoms with Crippen LogP contribution in [0.25, 0.3) is 27.6 Å². The zero-order valence-electron chi connectivity index (χ0n) is 21.3. The third-order valence-electron chi connectivity index (χ3n) is 6.74. The molecule has 1 N–H and O–H groups in total. The maximum atomic E-state index is 14.9. The van der Waals surface area contributed by atoms with Gasteiger partial charge >= 0.3 is 0 Å². The quantitative estimate of drug-likeness (QED) is 0.380. The molecule has 1 aliphatic rings. The number of halogens is 1. The number of ether oxygens (including phenoxy) is 2. The average molecular weight is 516 g/mol. The third kappa shape index (κ3) is 3.87. The number of rotatable bonds is 5. The Morgan fingerprint density at radius 1 is 1.13 bits per heavy atom. The van der Waals surface area contributed by atoms with Crippen LogP contribution < -0.4 is 25.2 Å². The summed E-state index contributed by atoms with van der Waals surface area (Å²) in [6.07, 6.45) is 2.78. The predicted molar refractivity (Wildman–Crippen MR) is 143 cm³/mol. The lowest BCUT2D eigenvalue weighted by atomic mass is 10.1. The first-order valence-electron chi connectivity index (χ1n) is 12.2. The molecule has 0 spiro atoms. The number of anilines is 2. The van der Waals surface area contributed by atoms with Crippen LogP contribution in [0.3, 0.4) is 0 Å². The monoisotopic (exact) mass is 515 g/mol. The van der Waals surface area contributed by atoms with Crippen molar-refractivity contribution in [1.29, 1.82) is 0 Å². The van der Waals surface area contributed by atoms with Crippen LogP contribution in [0.15, 0.2) is 59.7 Å². The predicted octanol–water partition coefficient (Wildman–Crippen LogP) is 3.51. The van der Waals surface area contributed by atoms with Crippen LogP contribution in [0.1, 0.15) is 6.92 Å². The minimum Gasteiger partial charge on any atom is -0.486 e. The number of fused-ring (bicyclic) bond motifs is 4. The Balaban J connectivity index is 1.37. The van der Waals surface area contributed by atoms with Crippen molar-refractivity contribution in [3.63, 3.8) is 0 Å². The summed E-state index contributed by atoms with van der Waals surface area (Å²) >= 11 is 0. The third-order valence-corrected chi connectivity index (χ3v) is 6.74. The number of hydrogen-bond donors (Lipinski definition) is 1. The molecule has 0 bridgehead atoms. The molecule has 2 aromatic carbocycles. The minimum atomic E-state index is -0.538. The fraction of sp³-hybridized carbons (Fsp3) is 0.259. The first kappa shape index (κ1) is 23.7. The Morgan fingerprint density at radius 2 is 1.95 bits per heavy atom. The van der Waals surface area contributed by atoms with Gasteiger partial charge in [-0.1, -0.05) is 12.1 Å². The van der Waals surface area contributed by atoms with E-state index in [0.29, 0.717) is 34.4 Å². The minimum absolute atomic E-state index is 0.101. The number of nitrogens with zero attached hydrogens (tertiary/aromatic N) is 6. The van der Waals surface area contributed by atoms with Gasteiger partial charge in [-0.15, -0.1) is 0 Å². The first-order chi connectivity index (χ1) is 18.3. The smallest absolute Gasteiger partial charge is 0.267 e. The molecule has 5 aromatic rings. The molecule has 0 fully saturated rings. The van der Waals surface area contributed by atoms with Gasteiger partial charge in [-0.05, 0) is 31.2 Å². The van der Waals surface area contributed by atoms with Crippen molar-refractivity contribution in [2.45, 2.75) is 19.1 Å². The van der Waals surface area contributed by atoms with E-state index in [4.69, 9.17) is 9.47 Å². The molecule has 0 radical (unpaired) electrons. The average Bonchev–Trinajstić information content (AvgIpc) is 3.31. The van der Waals surface area contributed by atoms with Crippen molar-refractivity contribution >= 4 is 33.6 Å². The van der Waals surface area contributed by atoms with Gasteiger partial charge in [0.25, 0.3) is 5.56 Å². The molecule has 1 unspecified atom stereocenters. The molecule has 0 saturated heterocycles. The fourth-order valence-corrected chi connectivity index (χ4v) is 4.66. The van der Waals surface area contributed by atoms with Gasteiger partial charge in [0, 0.05) is 39.1 Å². The Morgan fingerprint density at radius 3 is 2.74 bits per heavy atom. The second-order valence-corrected chi connectivity index (χ2v) is 9.48. The Labute approximate surface area is 217 Å². The molecule has 6 rings (SSSR count). The number of pyridine rings is 1. The Hall–Kier alpha value is -4.67. The van der Waals surface area contributed by atoms with Gasteiger partial charge < -0.3 is 19.7 Å². The zero-order valence-corrected chi connectivity index (χ0v) is 21.3. The molecule has 0 aliphatic carbocycles. The summed E-state index contributed by atoms with van der Waals surface area (Å²) in [6, 6.07) is 11.7. The van der Waals surface area contributed by atoms with E-state index in [9.17, 15) is 9.18 Å². The summed E-state index contributed by atoms with van der Waals surface area (Å²) in [5.41, 5.74) is 1.55. The standard InChI is InChI=1S/C27H26FN7O3/c1-15(23-14-37-22-11-16(33(2)3)9-10-21(22)38-23)31-27-29-12-17-24-18(13-30-34(24)4)26(36)35(25(17)32-27)20-8-6-5-7-19(20)28/h5-13,15,23H,14H2,1-4H3,(H,29,31,32)/t15?,23-/m1/s1. The zero-order chi connectivity index (χ0) is 26.6. The second kappa shape index (κ2) is 9.02. The maximum Gasteiger partial charge on any atom is 0.267 e. The van der Waals surface area contributed by atoms with E-state index in [0.717, 1.165) is 5.69 Å². The topological polar surface area (TPSA) is 99.3 Å². The molecule has 4 heterocycles. The highest BCUT2D eigenvalue weighted by atomic mass is 19.1. The summed E-state index contributed by atoms with van der Waals surface area (Å²) < 4.78 is 29.9. The van der Waals surface area contributed by atoms with E-state index < -0.39 is 11.4 Å². The number of benzene rings is 2. The van der Waals surface area contributed by atoms with Crippen molar-refractivity contribution < 1.29 is 13.9 Å². The van der Waals surface area contributed by atoms with E-state index in [2.05, 4.69) is 20.4 Å². The summed E-state index contributed by atoms with van der Waals surface area (Å²) in [5, 5.41) is 8.43. The maximum absolute atomic E-state index is 14.9. The van der Waals surface area contributed by atoms with Crippen molar-refractivity contribution in [3.8, 4) is 17.2 Å². The Bertz CT molecular complexity index is 1750. The van der Waals surface area contributed by atoms with Gasteiger partial charge in [0.1, 0.15) is 12.4 Å². The highest BCUT2D eigenvalue weighted by molar-refractivity contribution is 6.02. The summed E-state index contributed by atoms with van der Waals surface area (Å²) in [6.45, 7) is 2.27. The lowest BCUT2D eigenvalue weighted by molar-refractivity contribution is 0.0808. The molecule has 1 aliphatic heterocycles. The van der Waals surface area contributed by atoms with Gasteiger partial charge in [0.2, 0.25) is 5.95 Å². The molecule has 0 amide bonds. The van der Waals surface area contributed by atoms with Crippen LogP contribution in [-0.2, 0) is 7.05 Å². The van der Waals surface area contributed by atoms with E-state index in [1.54, 1.807) is 36.1 Å². The number of para-hydroxylation sites is 1. The Kier molecular flexibility index (Phi) is 5.63. The van der Waals surface area contributed by atoms with E-state index in [1.165, 1.54) is 16.8 Å². The molecule has 11 heteroatoms. The normalized spacial score (nSPS) is 15.6. The largest absolute Gasteiger partial charge is 0.486 e. The van der Waals surface area contributed by atoms with E-state index in [-0.39, 0.29) is 29.4 Å². The van der Waals surface area contributed by atoms with Gasteiger partial charge in [0.15, 0.2) is 23.3 Å². The molecule has 194 valence electrons. The van der Waals surface area contributed by atoms with Gasteiger partial charge in [-0.25, -0.2) is 9.37 Å². The van der Waals surface area contributed by atoms with Gasteiger partial charge in [-0.2, -0.15) is 10.1 Å². The van der Waals surface area contributed by atoms with Gasteiger partial charge in [0.05, 0.1) is 34.2 Å². The highest BCUT2D eigenvalue weighted by Gasteiger charge is 2.28. The fourth-order valence-electron chi connectivity index (χ4n) is 4.66. The summed E-state index contributed by atoms with van der Waals surface area (Å²) in [4.78, 5) is 24.7. The SMILES string of the molecule is CC(Nc1ncc2c3c(cnn3C)c(=O)n(-c3ccccc3F)c2n1)[C@H]1COc2cc(N(C)C)ccc2O1. The molecule has 38 heavy (non-hydrogen) atoms. The highest BCUT2D eigenvalue weighted by Crippen LogP contribution is 2.35. The van der Waals surface area contributed by atoms with E-state index >= 15 is 0 Å². The lowest BCUT2D eigenvalue weighted by Crippen LogP contribution is -2.42. The first-order valence-corrected chi connectivity index (χ1v) is 12.2. The second-order valence-electron chi connectivity index (χ2n) is 9.48. The summed E-state index contributed by atoms with van der Waals surface area (Å²) in [7, 11) is 5.67. The van der Waals surface area contributed by atoms with Crippen LogP contribution in [0, 0.1) is 5.82 Å². The molecule has 3 aromatic heterocycles. The van der Waals surface area contributed by atoms with Crippen LogP contribution in [0.2, 0.25) is 0 Å². The van der Waals surface area contributed by atoms with Crippen molar-refractivity contribution in [1.82, 2.24) is 24.3 Å². The van der Waals surface area contributed by atoms with Crippen LogP contribution >= 0.6 is 0 Å². The summed E-state index contributed by atoms with van der Waals surface area (Å²) in [5.74, 6) is 1.08. The molecule has 0 saturated carbocycles. The molecule has 10 nitrogen and oxygen atoms in total. The molecule has 2 atom stereocenters. The van der Waals surface area contributed by atoms with Crippen molar-refractivity contribution in [3.05, 3.63) is 71.0 Å². The van der Waals surface area contributed by atoms with Crippen molar-refractivity contribution in [2.75, 3.05) is 30.9 Å². The van der Waals surface area contributed by atoms with Gasteiger partial charge in [-0.3, -0.25) is 14.0 Å². The number of aromatic nitrogens is 5. The number of nitrogens with one attached hydrogen (secondary N) is 1. The number of aryl methyl sites for hydroxylation is 1. The molecular weight excluding hydrogens is 489 g/mol. The van der Waals surface area contributed by atoms with Crippen LogP contribution in [-0.4, -0.2) is 57.2 Å². The van der Waals surface area contributed by atoms with E-state index in [1.807, 2.05) is 44.1 Å². The molecular formula is C27H26FN7O3. The van der Waals surface area contributed by atoms with Crippen molar-refractivity contribution in [2.24, 2.45) is 7.05 Å². The van der Waals surface area contributed by atoms with Crippen LogP contribution in [0.5, 0.6) is 11.5 Å². The number of hydrogen-bond acceptors (Lipinski definition) is 8. The van der Waals surface area contributed by atoms with Crippen LogP contribution in [0.4, 0.5) is 16.0 Å².